The summed E-state index contributed by atoms with van der Waals surface area (Å²) >= 11 is 0. The van der Waals surface area contributed by atoms with Gasteiger partial charge in [0, 0.05) is 24.3 Å². The molecule has 1 aliphatic heterocycles. The fourth-order valence-corrected chi connectivity index (χ4v) is 3.47. The second-order valence-corrected chi connectivity index (χ2v) is 6.74. The van der Waals surface area contributed by atoms with E-state index in [9.17, 15) is 9.59 Å². The number of amides is 2. The number of carbonyl (C=O) groups excluding carboxylic acids is 2. The number of nitrogens with zero attached hydrogens (tertiary/aromatic N) is 4. The molecule has 1 aromatic carbocycles. The lowest BCUT2D eigenvalue weighted by atomic mass is 9.87. The van der Waals surface area contributed by atoms with Crippen molar-refractivity contribution >= 4 is 17.5 Å². The number of nitrogens with one attached hydrogen (secondary N) is 2. The minimum absolute atomic E-state index is 0.0828. The lowest BCUT2D eigenvalue weighted by molar-refractivity contribution is -0.126. The van der Waals surface area contributed by atoms with Crippen LogP contribution in [0.2, 0.25) is 0 Å². The molecule has 3 aromatic rings. The zero-order chi connectivity index (χ0) is 19.6. The second kappa shape index (κ2) is 7.28. The van der Waals surface area contributed by atoms with Crippen LogP contribution in [0, 0.1) is 0 Å². The molecule has 0 unspecified atom stereocenters. The Kier molecular flexibility index (Phi) is 4.66. The number of hydrogen-bond acceptors (Lipinski definition) is 5. The third kappa shape index (κ3) is 3.27. The van der Waals surface area contributed by atoms with Gasteiger partial charge in [0.2, 0.25) is 0 Å². The van der Waals surface area contributed by atoms with Crippen molar-refractivity contribution in [2.45, 2.75) is 18.4 Å². The number of piperidine rings is 1. The van der Waals surface area contributed by atoms with Crippen molar-refractivity contribution in [1.29, 1.82) is 0 Å². The number of primary amides is 1. The van der Waals surface area contributed by atoms with Crippen LogP contribution in [-0.2, 0) is 10.3 Å². The van der Waals surface area contributed by atoms with Gasteiger partial charge in [0.15, 0.2) is 0 Å². The zero-order valence-corrected chi connectivity index (χ0v) is 15.2. The Morgan fingerprint density at radius 3 is 2.46 bits per heavy atom. The molecule has 2 aromatic heterocycles. The summed E-state index contributed by atoms with van der Waals surface area (Å²) in [7, 11) is 0. The van der Waals surface area contributed by atoms with Gasteiger partial charge in [0.05, 0.1) is 5.69 Å². The van der Waals surface area contributed by atoms with Crippen molar-refractivity contribution in [2.75, 3.05) is 18.4 Å². The summed E-state index contributed by atoms with van der Waals surface area (Å²) in [5.41, 5.74) is 6.17. The largest absolute Gasteiger partial charge is 0.364 e. The minimum Gasteiger partial charge on any atom is -0.364 e. The quantitative estimate of drug-likeness (QED) is 0.608. The van der Waals surface area contributed by atoms with Gasteiger partial charge in [-0.2, -0.15) is 10.2 Å². The van der Waals surface area contributed by atoms with Gasteiger partial charge in [0.1, 0.15) is 11.2 Å². The van der Waals surface area contributed by atoms with E-state index in [1.54, 1.807) is 40.0 Å². The lowest BCUT2D eigenvalue weighted by Crippen LogP contribution is -2.52. The van der Waals surface area contributed by atoms with Crippen molar-refractivity contribution < 1.29 is 9.59 Å². The Hall–Kier alpha value is -3.46. The SMILES string of the molecule is NC(=O)c1ccn(-c2ccc(NC(=O)C3(n4cccn4)CCNCC3)cc2)n1. The predicted molar refractivity (Wildman–Crippen MR) is 103 cm³/mol. The minimum atomic E-state index is -0.703. The monoisotopic (exact) mass is 379 g/mol. The van der Waals surface area contributed by atoms with E-state index in [2.05, 4.69) is 20.8 Å². The summed E-state index contributed by atoms with van der Waals surface area (Å²) in [6.45, 7) is 1.52. The highest BCUT2D eigenvalue weighted by atomic mass is 16.2. The molecule has 9 nitrogen and oxygen atoms in total. The number of benzene rings is 1. The van der Waals surface area contributed by atoms with E-state index in [1.807, 2.05) is 24.4 Å². The third-order valence-corrected chi connectivity index (χ3v) is 5.03. The normalized spacial score (nSPS) is 15.9. The Morgan fingerprint density at radius 2 is 1.86 bits per heavy atom. The highest BCUT2D eigenvalue weighted by molar-refractivity contribution is 5.96. The highest BCUT2D eigenvalue weighted by Crippen LogP contribution is 2.29. The van der Waals surface area contributed by atoms with Crippen LogP contribution in [0.15, 0.2) is 55.0 Å². The van der Waals surface area contributed by atoms with E-state index < -0.39 is 11.4 Å². The fraction of sp³-hybridized carbons (Fsp3) is 0.263. The number of rotatable bonds is 5. The third-order valence-electron chi connectivity index (χ3n) is 5.03. The van der Waals surface area contributed by atoms with Gasteiger partial charge < -0.3 is 16.4 Å². The maximum atomic E-state index is 13.2. The maximum Gasteiger partial charge on any atom is 0.269 e. The average Bonchev–Trinajstić information content (AvgIpc) is 3.41. The molecule has 28 heavy (non-hydrogen) atoms. The van der Waals surface area contributed by atoms with Crippen LogP contribution in [0.1, 0.15) is 23.3 Å². The van der Waals surface area contributed by atoms with E-state index in [0.717, 1.165) is 18.8 Å². The molecule has 0 aliphatic carbocycles. The lowest BCUT2D eigenvalue weighted by Gasteiger charge is -2.36. The molecule has 0 atom stereocenters. The van der Waals surface area contributed by atoms with Gasteiger partial charge in [-0.05, 0) is 62.3 Å². The second-order valence-electron chi connectivity index (χ2n) is 6.74. The summed E-state index contributed by atoms with van der Waals surface area (Å²) in [5.74, 6) is -0.658. The molecular weight excluding hydrogens is 358 g/mol. The molecule has 0 radical (unpaired) electrons. The number of nitrogens with two attached hydrogens (primary N) is 1. The molecule has 2 amide bonds. The van der Waals surface area contributed by atoms with Gasteiger partial charge in [-0.15, -0.1) is 0 Å². The zero-order valence-electron chi connectivity index (χ0n) is 15.2. The fourth-order valence-electron chi connectivity index (χ4n) is 3.47. The maximum absolute atomic E-state index is 13.2. The number of hydrogen-bond donors (Lipinski definition) is 3. The first-order chi connectivity index (χ1) is 13.6. The molecule has 0 saturated carbocycles. The molecule has 1 fully saturated rings. The van der Waals surface area contributed by atoms with Crippen molar-refractivity contribution in [3.63, 3.8) is 0 Å². The topological polar surface area (TPSA) is 120 Å². The summed E-state index contributed by atoms with van der Waals surface area (Å²) < 4.78 is 3.32. The number of aromatic nitrogens is 4. The average molecular weight is 379 g/mol. The van der Waals surface area contributed by atoms with Crippen molar-refractivity contribution in [1.82, 2.24) is 24.9 Å². The summed E-state index contributed by atoms with van der Waals surface area (Å²) in [5, 5.41) is 14.8. The molecule has 3 heterocycles. The van der Waals surface area contributed by atoms with Gasteiger partial charge in [0.25, 0.3) is 11.8 Å². The van der Waals surface area contributed by atoms with E-state index in [4.69, 9.17) is 5.73 Å². The Morgan fingerprint density at radius 1 is 1.11 bits per heavy atom. The van der Waals surface area contributed by atoms with Crippen LogP contribution in [0.4, 0.5) is 5.69 Å². The molecule has 0 spiro atoms. The van der Waals surface area contributed by atoms with Crippen LogP contribution in [0.5, 0.6) is 0 Å². The van der Waals surface area contributed by atoms with Crippen LogP contribution >= 0.6 is 0 Å². The van der Waals surface area contributed by atoms with Crippen molar-refractivity contribution in [2.24, 2.45) is 5.73 Å². The molecular formula is C19H21N7O2. The smallest absolute Gasteiger partial charge is 0.269 e. The first kappa shape index (κ1) is 17.9. The van der Waals surface area contributed by atoms with Crippen molar-refractivity contribution in [3.8, 4) is 5.69 Å². The summed E-state index contributed by atoms with van der Waals surface area (Å²) in [6.07, 6.45) is 6.53. The summed E-state index contributed by atoms with van der Waals surface area (Å²) in [4.78, 5) is 24.3. The van der Waals surface area contributed by atoms with E-state index in [1.165, 1.54) is 0 Å². The van der Waals surface area contributed by atoms with E-state index in [0.29, 0.717) is 18.5 Å². The summed E-state index contributed by atoms with van der Waals surface area (Å²) in [6, 6.07) is 10.6. The molecule has 4 rings (SSSR count). The number of anilines is 1. The van der Waals surface area contributed by atoms with Gasteiger partial charge in [-0.3, -0.25) is 14.3 Å². The molecule has 4 N–H and O–H groups in total. The molecule has 9 heteroatoms. The Bertz CT molecular complexity index is 970. The molecule has 144 valence electrons. The predicted octanol–water partition coefficient (Wildman–Crippen LogP) is 0.885. The first-order valence-electron chi connectivity index (χ1n) is 9.07. The van der Waals surface area contributed by atoms with Gasteiger partial charge in [-0.25, -0.2) is 4.68 Å². The van der Waals surface area contributed by atoms with Crippen LogP contribution in [0.25, 0.3) is 5.69 Å². The van der Waals surface area contributed by atoms with Crippen LogP contribution in [-0.4, -0.2) is 44.5 Å². The molecule has 0 bridgehead atoms. The standard InChI is InChI=1S/C19H21N7O2/c20-17(27)16-6-13-25(24-16)15-4-2-14(3-5-15)23-18(28)19(7-10-21-11-8-19)26-12-1-9-22-26/h1-6,9,12-13,21H,7-8,10-11H2,(H2,20,27)(H,23,28). The molecule has 1 aliphatic rings. The highest BCUT2D eigenvalue weighted by Gasteiger charge is 2.42. The van der Waals surface area contributed by atoms with Crippen LogP contribution < -0.4 is 16.4 Å². The van der Waals surface area contributed by atoms with Gasteiger partial charge >= 0.3 is 0 Å². The Balaban J connectivity index is 1.53. The first-order valence-corrected chi connectivity index (χ1v) is 9.07. The van der Waals surface area contributed by atoms with Crippen molar-refractivity contribution in [3.05, 3.63) is 60.7 Å². The van der Waals surface area contributed by atoms with E-state index >= 15 is 0 Å². The molecule has 1 saturated heterocycles. The van der Waals surface area contributed by atoms with Crippen LogP contribution in [0.3, 0.4) is 0 Å². The van der Waals surface area contributed by atoms with E-state index in [-0.39, 0.29) is 11.6 Å². The Labute approximate surface area is 161 Å². The number of carbonyl (C=O) groups is 2. The van der Waals surface area contributed by atoms with Gasteiger partial charge in [-0.1, -0.05) is 0 Å².